The molecular formula is C12H12F2N2O5. The fraction of sp³-hybridized carbons (Fsp3) is 0.250. The molecule has 1 aromatic carbocycles. The third-order valence-electron chi connectivity index (χ3n) is 2.47. The van der Waals surface area contributed by atoms with E-state index in [1.807, 2.05) is 5.32 Å². The van der Waals surface area contributed by atoms with Crippen LogP contribution in [0.25, 0.3) is 0 Å². The lowest BCUT2D eigenvalue weighted by molar-refractivity contribution is -0.140. The molecule has 0 aliphatic heterocycles. The summed E-state index contributed by atoms with van der Waals surface area (Å²) in [6.45, 7) is -0.392. The van der Waals surface area contributed by atoms with Crippen LogP contribution in [-0.2, 0) is 9.53 Å². The van der Waals surface area contributed by atoms with E-state index in [4.69, 9.17) is 5.11 Å². The number of rotatable bonds is 4. The molecule has 0 atom stereocenters. The SMILES string of the molecule is COC(=O)CN(C)C(=O)Nc1cc(C(=O)O)c(F)cc1F. The molecule has 0 radical (unpaired) electrons. The van der Waals surface area contributed by atoms with E-state index >= 15 is 0 Å². The van der Waals surface area contributed by atoms with Gasteiger partial charge in [-0.2, -0.15) is 0 Å². The van der Waals surface area contributed by atoms with Crippen molar-refractivity contribution in [3.05, 3.63) is 29.3 Å². The number of aromatic carboxylic acids is 1. The molecule has 2 amide bonds. The number of hydrogen-bond donors (Lipinski definition) is 2. The highest BCUT2D eigenvalue weighted by Crippen LogP contribution is 2.20. The van der Waals surface area contributed by atoms with Crippen molar-refractivity contribution in [2.24, 2.45) is 0 Å². The Labute approximate surface area is 118 Å². The zero-order valence-corrected chi connectivity index (χ0v) is 11.1. The van der Waals surface area contributed by atoms with Crippen molar-refractivity contribution in [1.82, 2.24) is 4.90 Å². The van der Waals surface area contributed by atoms with E-state index in [1.54, 1.807) is 0 Å². The largest absolute Gasteiger partial charge is 0.478 e. The van der Waals surface area contributed by atoms with Gasteiger partial charge >= 0.3 is 18.0 Å². The van der Waals surface area contributed by atoms with Crippen LogP contribution in [0.4, 0.5) is 19.3 Å². The topological polar surface area (TPSA) is 95.9 Å². The molecule has 0 aromatic heterocycles. The molecule has 2 N–H and O–H groups in total. The summed E-state index contributed by atoms with van der Waals surface area (Å²) in [4.78, 5) is 34.3. The van der Waals surface area contributed by atoms with Gasteiger partial charge in [0.15, 0.2) is 0 Å². The Morgan fingerprint density at radius 1 is 1.29 bits per heavy atom. The van der Waals surface area contributed by atoms with Crippen molar-refractivity contribution in [2.45, 2.75) is 0 Å². The Morgan fingerprint density at radius 2 is 1.90 bits per heavy atom. The molecule has 0 aliphatic carbocycles. The number of carbonyl (C=O) groups excluding carboxylic acids is 2. The van der Waals surface area contributed by atoms with Crippen molar-refractivity contribution in [1.29, 1.82) is 0 Å². The first-order valence-corrected chi connectivity index (χ1v) is 5.57. The lowest BCUT2D eigenvalue weighted by Crippen LogP contribution is -2.36. The second-order valence-electron chi connectivity index (χ2n) is 3.98. The normalized spacial score (nSPS) is 9.90. The lowest BCUT2D eigenvalue weighted by atomic mass is 10.2. The number of urea groups is 1. The highest BCUT2D eigenvalue weighted by atomic mass is 19.1. The molecular weight excluding hydrogens is 290 g/mol. The van der Waals surface area contributed by atoms with Gasteiger partial charge in [0.2, 0.25) is 0 Å². The van der Waals surface area contributed by atoms with Gasteiger partial charge in [-0.1, -0.05) is 0 Å². The van der Waals surface area contributed by atoms with Gasteiger partial charge in [0, 0.05) is 13.1 Å². The summed E-state index contributed by atoms with van der Waals surface area (Å²) < 4.78 is 31.0. The van der Waals surface area contributed by atoms with Crippen molar-refractivity contribution in [3.8, 4) is 0 Å². The first-order valence-electron chi connectivity index (χ1n) is 5.57. The van der Waals surface area contributed by atoms with E-state index in [0.717, 1.165) is 12.0 Å². The van der Waals surface area contributed by atoms with E-state index in [1.165, 1.54) is 7.05 Å². The third-order valence-corrected chi connectivity index (χ3v) is 2.47. The second kappa shape index (κ2) is 6.64. The number of ether oxygens (including phenoxy) is 1. The minimum absolute atomic E-state index is 0.347. The predicted molar refractivity (Wildman–Crippen MR) is 67.0 cm³/mol. The number of nitrogens with zero attached hydrogens (tertiary/aromatic N) is 1. The summed E-state index contributed by atoms with van der Waals surface area (Å²) in [7, 11) is 2.37. The summed E-state index contributed by atoms with van der Waals surface area (Å²) in [6.07, 6.45) is 0. The molecule has 0 fully saturated rings. The van der Waals surface area contributed by atoms with Crippen LogP contribution in [0.2, 0.25) is 0 Å². The summed E-state index contributed by atoms with van der Waals surface area (Å²) in [5, 5.41) is 10.8. The maximum atomic E-state index is 13.5. The van der Waals surface area contributed by atoms with Gasteiger partial charge in [-0.05, 0) is 6.07 Å². The summed E-state index contributed by atoms with van der Waals surface area (Å²) in [5.74, 6) is -4.71. The number of halogens is 2. The summed E-state index contributed by atoms with van der Waals surface area (Å²) in [6, 6.07) is 0.109. The zero-order chi connectivity index (χ0) is 16.2. The van der Waals surface area contributed by atoms with E-state index in [-0.39, 0.29) is 0 Å². The van der Waals surface area contributed by atoms with E-state index in [2.05, 4.69) is 4.74 Å². The number of likely N-dealkylation sites (N-methyl/N-ethyl adjacent to an activating group) is 1. The third kappa shape index (κ3) is 4.13. The molecule has 0 spiro atoms. The fourth-order valence-electron chi connectivity index (χ4n) is 1.35. The van der Waals surface area contributed by atoms with Crippen LogP contribution in [0.1, 0.15) is 10.4 Å². The molecule has 9 heteroatoms. The molecule has 114 valence electrons. The van der Waals surface area contributed by atoms with Gasteiger partial charge in [0.25, 0.3) is 0 Å². The van der Waals surface area contributed by atoms with Gasteiger partial charge in [0.1, 0.15) is 18.2 Å². The summed E-state index contributed by atoms with van der Waals surface area (Å²) in [5.41, 5.74) is -1.31. The minimum Gasteiger partial charge on any atom is -0.478 e. The molecule has 0 saturated heterocycles. The number of carboxylic acid groups (broad SMARTS) is 1. The van der Waals surface area contributed by atoms with Crippen LogP contribution in [0.3, 0.4) is 0 Å². The van der Waals surface area contributed by atoms with E-state index < -0.39 is 47.4 Å². The Morgan fingerprint density at radius 3 is 2.43 bits per heavy atom. The Kier molecular flexibility index (Phi) is 5.17. The van der Waals surface area contributed by atoms with Crippen LogP contribution < -0.4 is 5.32 Å². The smallest absolute Gasteiger partial charge is 0.338 e. The van der Waals surface area contributed by atoms with Crippen LogP contribution in [-0.4, -0.2) is 48.7 Å². The van der Waals surface area contributed by atoms with Crippen molar-refractivity contribution >= 4 is 23.7 Å². The molecule has 7 nitrogen and oxygen atoms in total. The molecule has 0 aliphatic rings. The second-order valence-corrected chi connectivity index (χ2v) is 3.98. The van der Waals surface area contributed by atoms with Crippen LogP contribution in [0.15, 0.2) is 12.1 Å². The van der Waals surface area contributed by atoms with E-state index in [9.17, 15) is 23.2 Å². The maximum Gasteiger partial charge on any atom is 0.338 e. The number of methoxy groups -OCH3 is 1. The number of nitrogens with one attached hydrogen (secondary N) is 1. The van der Waals surface area contributed by atoms with Crippen LogP contribution in [0, 0.1) is 11.6 Å². The Balaban J connectivity index is 2.92. The number of amides is 2. The van der Waals surface area contributed by atoms with Gasteiger partial charge in [-0.25, -0.2) is 18.4 Å². The summed E-state index contributed by atoms with van der Waals surface area (Å²) >= 11 is 0. The number of esters is 1. The van der Waals surface area contributed by atoms with Crippen LogP contribution >= 0.6 is 0 Å². The highest BCUT2D eigenvalue weighted by Gasteiger charge is 2.19. The molecule has 1 aromatic rings. The number of carboxylic acids is 1. The minimum atomic E-state index is -1.61. The molecule has 21 heavy (non-hydrogen) atoms. The van der Waals surface area contributed by atoms with Crippen molar-refractivity contribution < 1.29 is 33.0 Å². The highest BCUT2D eigenvalue weighted by molar-refractivity contribution is 5.94. The first kappa shape index (κ1) is 16.3. The quantitative estimate of drug-likeness (QED) is 0.817. The van der Waals surface area contributed by atoms with Gasteiger partial charge in [-0.15, -0.1) is 0 Å². The molecule has 0 bridgehead atoms. The molecule has 1 rings (SSSR count). The van der Waals surface area contributed by atoms with E-state index in [0.29, 0.717) is 12.1 Å². The van der Waals surface area contributed by atoms with Crippen LogP contribution in [0.5, 0.6) is 0 Å². The molecule has 0 heterocycles. The molecule has 0 unspecified atom stereocenters. The first-order chi connectivity index (χ1) is 9.76. The maximum absolute atomic E-state index is 13.5. The van der Waals surface area contributed by atoms with Crippen molar-refractivity contribution in [2.75, 3.05) is 26.0 Å². The predicted octanol–water partition coefficient (Wildman–Crippen LogP) is 1.30. The Hall–Kier alpha value is -2.71. The van der Waals surface area contributed by atoms with Crippen molar-refractivity contribution in [3.63, 3.8) is 0 Å². The number of anilines is 1. The number of hydrogen-bond acceptors (Lipinski definition) is 4. The fourth-order valence-corrected chi connectivity index (χ4v) is 1.35. The standard InChI is InChI=1S/C12H12F2N2O5/c1-16(5-10(17)21-2)12(20)15-9-3-6(11(18)19)7(13)4-8(9)14/h3-4H,5H2,1-2H3,(H,15,20)(H,18,19). The Bertz CT molecular complexity index is 591. The number of benzene rings is 1. The van der Waals surface area contributed by atoms with Gasteiger partial charge in [0.05, 0.1) is 18.4 Å². The average Bonchev–Trinajstić information content (AvgIpc) is 2.40. The van der Waals surface area contributed by atoms with Gasteiger partial charge in [-0.3, -0.25) is 4.79 Å². The zero-order valence-electron chi connectivity index (χ0n) is 11.1. The molecule has 0 saturated carbocycles. The average molecular weight is 302 g/mol. The van der Waals surface area contributed by atoms with Gasteiger partial charge < -0.3 is 20.1 Å². The number of carbonyl (C=O) groups is 3. The lowest BCUT2D eigenvalue weighted by Gasteiger charge is -2.17. The monoisotopic (exact) mass is 302 g/mol.